The van der Waals surface area contributed by atoms with E-state index >= 15 is 4.39 Å². The van der Waals surface area contributed by atoms with Crippen molar-refractivity contribution in [3.8, 4) is 23.3 Å². The predicted octanol–water partition coefficient (Wildman–Crippen LogP) is 4.79. The number of ether oxygens (including phenoxy) is 1. The van der Waals surface area contributed by atoms with Gasteiger partial charge >= 0.3 is 0 Å². The van der Waals surface area contributed by atoms with Gasteiger partial charge in [0.05, 0.1) is 11.3 Å². The fourth-order valence-electron chi connectivity index (χ4n) is 4.20. The molecule has 0 radical (unpaired) electrons. The van der Waals surface area contributed by atoms with Crippen molar-refractivity contribution in [2.24, 2.45) is 10.9 Å². The van der Waals surface area contributed by atoms with Gasteiger partial charge in [0.1, 0.15) is 29.4 Å². The Morgan fingerprint density at radius 1 is 1.15 bits per heavy atom. The smallest absolute Gasteiger partial charge is 0.245 e. The number of nitrogen functional groups attached to an aromatic ring is 1. The first-order chi connectivity index (χ1) is 19.1. The van der Waals surface area contributed by atoms with Crippen LogP contribution >= 0.6 is 0 Å². The molecule has 1 aliphatic rings. The Hall–Kier alpha value is -4.79. The van der Waals surface area contributed by atoms with Crippen LogP contribution in [0.3, 0.4) is 0 Å². The molecular weight excluding hydrogens is 533 g/mol. The summed E-state index contributed by atoms with van der Waals surface area (Å²) in [4.78, 5) is 25.9. The van der Waals surface area contributed by atoms with Gasteiger partial charge in [0.2, 0.25) is 23.3 Å². The third-order valence-corrected chi connectivity index (χ3v) is 6.13. The van der Waals surface area contributed by atoms with Gasteiger partial charge in [0.25, 0.3) is 0 Å². The molecule has 1 aromatic heterocycles. The molecule has 4 rings (SSSR count). The Balaban J connectivity index is 1.66. The van der Waals surface area contributed by atoms with Crippen molar-refractivity contribution in [2.75, 3.05) is 25.9 Å². The molecule has 2 heterocycles. The van der Waals surface area contributed by atoms with Gasteiger partial charge in [-0.3, -0.25) is 9.79 Å². The van der Waals surface area contributed by atoms with Crippen LogP contribution in [0.15, 0.2) is 48.2 Å². The fourth-order valence-corrected chi connectivity index (χ4v) is 4.20. The Morgan fingerprint density at radius 2 is 1.88 bits per heavy atom. The van der Waals surface area contributed by atoms with Gasteiger partial charge in [-0.05, 0) is 37.0 Å². The van der Waals surface area contributed by atoms with Gasteiger partial charge in [0, 0.05) is 43.8 Å². The number of hydrogen-bond donors (Lipinski definition) is 1. The van der Waals surface area contributed by atoms with Gasteiger partial charge in [0.15, 0.2) is 11.6 Å². The van der Waals surface area contributed by atoms with Crippen molar-refractivity contribution >= 4 is 17.4 Å². The number of benzene rings is 2. The standard InChI is InChI=1S/C28H22F5N5O2/c1-3-22(39)38-10-4-5-15(13-38)6-9-21-23(28(34)37-14-36-21)26(35-2)17-8-7-16(11-18(17)29)40-27-24(32)19(30)12-20(31)25(27)33/h3,7-8,11-12,14-15H,1,4-5,10,13H2,2H3,(H2,34,36,37)/b35-26-/t15-/m0/s1. The lowest BCUT2D eigenvalue weighted by Gasteiger charge is -2.29. The monoisotopic (exact) mass is 555 g/mol. The Bertz CT molecular complexity index is 1560. The Morgan fingerprint density at radius 3 is 2.52 bits per heavy atom. The lowest BCUT2D eigenvalue weighted by Crippen LogP contribution is -2.38. The van der Waals surface area contributed by atoms with E-state index in [0.717, 1.165) is 25.0 Å². The highest BCUT2D eigenvalue weighted by atomic mass is 19.2. The SMILES string of the molecule is C=CC(=O)N1CCC[C@@H](C#Cc2ncnc(N)c2/C(=N\C)c2ccc(Oc3c(F)c(F)cc(F)c3F)cc2F)C1. The first-order valence-electron chi connectivity index (χ1n) is 12.0. The second kappa shape index (κ2) is 11.9. The number of amides is 1. The third kappa shape index (κ3) is 5.78. The zero-order chi connectivity index (χ0) is 29.0. The highest BCUT2D eigenvalue weighted by molar-refractivity contribution is 6.16. The van der Waals surface area contributed by atoms with E-state index in [1.165, 1.54) is 25.5 Å². The summed E-state index contributed by atoms with van der Waals surface area (Å²) in [5.41, 5.74) is 6.33. The van der Waals surface area contributed by atoms with E-state index < -0.39 is 40.6 Å². The minimum atomic E-state index is -1.77. The number of likely N-dealkylation sites (tertiary alicyclic amines) is 1. The molecule has 2 aromatic carbocycles. The second-order valence-electron chi connectivity index (χ2n) is 8.69. The number of piperidine rings is 1. The van der Waals surface area contributed by atoms with Gasteiger partial charge < -0.3 is 15.4 Å². The lowest BCUT2D eigenvalue weighted by atomic mass is 9.97. The molecule has 3 aromatic rings. The zero-order valence-electron chi connectivity index (χ0n) is 21.1. The molecular formula is C28H22F5N5O2. The molecule has 0 bridgehead atoms. The van der Waals surface area contributed by atoms with E-state index in [1.54, 1.807) is 4.90 Å². The average Bonchev–Trinajstić information content (AvgIpc) is 2.95. The van der Waals surface area contributed by atoms with Crippen LogP contribution in [0.4, 0.5) is 27.8 Å². The number of nitrogens with two attached hydrogens (primary N) is 1. The van der Waals surface area contributed by atoms with Gasteiger partial charge in [-0.25, -0.2) is 23.1 Å². The van der Waals surface area contributed by atoms with E-state index in [0.29, 0.717) is 13.1 Å². The summed E-state index contributed by atoms with van der Waals surface area (Å²) in [5.74, 6) is -3.97. The maximum Gasteiger partial charge on any atom is 0.245 e. The molecule has 1 aliphatic heterocycles. The summed E-state index contributed by atoms with van der Waals surface area (Å²) in [6.45, 7) is 4.52. The number of aliphatic imine (C=N–C) groups is 1. The summed E-state index contributed by atoms with van der Waals surface area (Å²) in [5, 5.41) is 0. The first kappa shape index (κ1) is 28.2. The van der Waals surface area contributed by atoms with Gasteiger partial charge in [-0.2, -0.15) is 8.78 Å². The summed E-state index contributed by atoms with van der Waals surface area (Å²) < 4.78 is 75.3. The quantitative estimate of drug-likeness (QED) is 0.161. The largest absolute Gasteiger partial charge is 0.451 e. The maximum absolute atomic E-state index is 15.3. The number of carbonyl (C=O) groups excluding carboxylic acids is 1. The van der Waals surface area contributed by atoms with Crippen LogP contribution in [-0.4, -0.2) is 46.6 Å². The highest BCUT2D eigenvalue weighted by Gasteiger charge is 2.24. The van der Waals surface area contributed by atoms with E-state index in [9.17, 15) is 22.4 Å². The molecule has 0 saturated carbocycles. The molecule has 206 valence electrons. The molecule has 0 spiro atoms. The average molecular weight is 556 g/mol. The normalized spacial score (nSPS) is 15.3. The van der Waals surface area contributed by atoms with Crippen molar-refractivity contribution in [1.29, 1.82) is 0 Å². The van der Waals surface area contributed by atoms with Gasteiger partial charge in [-0.1, -0.05) is 12.5 Å². The van der Waals surface area contributed by atoms with Crippen molar-refractivity contribution in [3.63, 3.8) is 0 Å². The first-order valence-corrected chi connectivity index (χ1v) is 12.0. The summed E-state index contributed by atoms with van der Waals surface area (Å²) >= 11 is 0. The molecule has 40 heavy (non-hydrogen) atoms. The molecule has 0 unspecified atom stereocenters. The summed E-state index contributed by atoms with van der Waals surface area (Å²) in [6.07, 6.45) is 3.95. The number of anilines is 1. The van der Waals surface area contributed by atoms with Crippen LogP contribution in [-0.2, 0) is 4.79 Å². The summed E-state index contributed by atoms with van der Waals surface area (Å²) in [7, 11) is 1.38. The maximum atomic E-state index is 15.3. The number of hydrogen-bond acceptors (Lipinski definition) is 6. The molecule has 1 amide bonds. The second-order valence-corrected chi connectivity index (χ2v) is 8.69. The van der Waals surface area contributed by atoms with Crippen LogP contribution in [0.1, 0.15) is 29.7 Å². The third-order valence-electron chi connectivity index (χ3n) is 6.13. The molecule has 2 N–H and O–H groups in total. The number of aromatic nitrogens is 2. The van der Waals surface area contributed by atoms with Crippen LogP contribution < -0.4 is 10.5 Å². The van der Waals surface area contributed by atoms with Crippen molar-refractivity contribution in [2.45, 2.75) is 12.8 Å². The van der Waals surface area contributed by atoms with E-state index in [2.05, 4.69) is 33.4 Å². The fraction of sp³-hybridized carbons (Fsp3) is 0.214. The molecule has 12 heteroatoms. The Labute approximate surface area is 226 Å². The Kier molecular flexibility index (Phi) is 8.43. The summed E-state index contributed by atoms with van der Waals surface area (Å²) in [6, 6.07) is 3.11. The zero-order valence-corrected chi connectivity index (χ0v) is 21.1. The van der Waals surface area contributed by atoms with Crippen LogP contribution in [0.5, 0.6) is 11.5 Å². The topological polar surface area (TPSA) is 93.7 Å². The van der Waals surface area contributed by atoms with Crippen molar-refractivity contribution < 1.29 is 31.5 Å². The number of halogens is 5. The molecule has 1 atom stereocenters. The minimum absolute atomic E-state index is 0.0210. The molecule has 1 saturated heterocycles. The molecule has 7 nitrogen and oxygen atoms in total. The number of carbonyl (C=O) groups is 1. The van der Waals surface area contributed by atoms with E-state index in [1.807, 2.05) is 0 Å². The van der Waals surface area contributed by atoms with Crippen molar-refractivity contribution in [3.05, 3.63) is 89.2 Å². The predicted molar refractivity (Wildman–Crippen MR) is 137 cm³/mol. The molecule has 0 aliphatic carbocycles. The van der Waals surface area contributed by atoms with Crippen LogP contribution in [0.2, 0.25) is 0 Å². The number of rotatable bonds is 5. The molecule has 1 fully saturated rings. The minimum Gasteiger partial charge on any atom is -0.451 e. The van der Waals surface area contributed by atoms with E-state index in [-0.39, 0.29) is 46.2 Å². The number of nitrogens with zero attached hydrogens (tertiary/aromatic N) is 4. The van der Waals surface area contributed by atoms with E-state index in [4.69, 9.17) is 10.5 Å². The highest BCUT2D eigenvalue weighted by Crippen LogP contribution is 2.32. The van der Waals surface area contributed by atoms with Crippen molar-refractivity contribution in [1.82, 2.24) is 14.9 Å². The van der Waals surface area contributed by atoms with Crippen LogP contribution in [0.25, 0.3) is 0 Å². The lowest BCUT2D eigenvalue weighted by molar-refractivity contribution is -0.127. The van der Waals surface area contributed by atoms with Gasteiger partial charge in [-0.15, -0.1) is 0 Å². The van der Waals surface area contributed by atoms with Crippen LogP contribution in [0, 0.1) is 46.8 Å².